The van der Waals surface area contributed by atoms with Crippen molar-refractivity contribution in [1.82, 2.24) is 10.2 Å². The van der Waals surface area contributed by atoms with Crippen LogP contribution in [-0.4, -0.2) is 63.7 Å². The van der Waals surface area contributed by atoms with E-state index in [0.717, 1.165) is 16.1 Å². The Balaban J connectivity index is 2.39. The molecule has 8 nitrogen and oxygen atoms in total. The van der Waals surface area contributed by atoms with Gasteiger partial charge in [0.05, 0.1) is 18.6 Å². The molecule has 0 aliphatic rings. The molecule has 0 aromatic heterocycles. The van der Waals surface area contributed by atoms with Crippen LogP contribution in [0.1, 0.15) is 32.8 Å². The highest BCUT2D eigenvalue weighted by Gasteiger charge is 2.32. The molecule has 2 amide bonds. The zero-order valence-electron chi connectivity index (χ0n) is 20.4. The van der Waals surface area contributed by atoms with Crippen LogP contribution in [0.3, 0.4) is 0 Å². The molecule has 0 unspecified atom stereocenters. The number of sulfonamides is 1. The van der Waals surface area contributed by atoms with E-state index < -0.39 is 28.5 Å². The van der Waals surface area contributed by atoms with Crippen LogP contribution in [0, 0.1) is 0 Å². The number of para-hydroxylation sites is 2. The predicted molar refractivity (Wildman–Crippen MR) is 134 cm³/mol. The van der Waals surface area contributed by atoms with Gasteiger partial charge in [-0.05, 0) is 44.4 Å². The van der Waals surface area contributed by atoms with E-state index in [1.807, 2.05) is 44.2 Å². The summed E-state index contributed by atoms with van der Waals surface area (Å²) < 4.78 is 32.1. The van der Waals surface area contributed by atoms with E-state index in [1.54, 1.807) is 31.2 Å². The highest BCUT2D eigenvalue weighted by Crippen LogP contribution is 2.30. The molecule has 0 spiro atoms. The fourth-order valence-electron chi connectivity index (χ4n) is 3.72. The van der Waals surface area contributed by atoms with Gasteiger partial charge in [0.1, 0.15) is 18.3 Å². The van der Waals surface area contributed by atoms with E-state index in [1.165, 1.54) is 4.90 Å². The molecule has 0 saturated heterocycles. The van der Waals surface area contributed by atoms with Crippen LogP contribution >= 0.6 is 0 Å². The zero-order chi connectivity index (χ0) is 25.1. The second-order valence-corrected chi connectivity index (χ2v) is 9.72. The van der Waals surface area contributed by atoms with Crippen molar-refractivity contribution < 1.29 is 22.7 Å². The number of amides is 2. The summed E-state index contributed by atoms with van der Waals surface area (Å²) >= 11 is 0. The number of hydrogen-bond donors (Lipinski definition) is 1. The highest BCUT2D eigenvalue weighted by atomic mass is 32.2. The first-order chi connectivity index (χ1) is 16.2. The smallest absolute Gasteiger partial charge is 0.244 e. The third kappa shape index (κ3) is 7.48. The first-order valence-electron chi connectivity index (χ1n) is 11.5. The molecule has 0 heterocycles. The first kappa shape index (κ1) is 27.2. The normalized spacial score (nSPS) is 12.0. The Bertz CT molecular complexity index is 1040. The molecule has 2 rings (SSSR count). The standard InChI is InChI=1S/C25H35N3O5S/c1-5-21(25(30)26-6-2)27(18-17-20-13-9-8-10-14-20)24(29)19-28(34(4,31)32)22-15-11-12-16-23(22)33-7-3/h8-16,21H,5-7,17-19H2,1-4H3,(H,26,30)/t21-/m1/s1. The van der Waals surface area contributed by atoms with Crippen LogP contribution in [0.2, 0.25) is 0 Å². The molecule has 1 atom stereocenters. The monoisotopic (exact) mass is 489 g/mol. The number of likely N-dealkylation sites (N-methyl/N-ethyl adjacent to an activating group) is 1. The van der Waals surface area contributed by atoms with Gasteiger partial charge >= 0.3 is 0 Å². The SMILES string of the molecule is CCNC(=O)[C@@H](CC)N(CCc1ccccc1)C(=O)CN(c1ccccc1OCC)S(C)(=O)=O. The maximum Gasteiger partial charge on any atom is 0.244 e. The quantitative estimate of drug-likeness (QED) is 0.467. The number of ether oxygens (including phenoxy) is 1. The van der Waals surface area contributed by atoms with E-state index in [-0.39, 0.29) is 18.1 Å². The summed E-state index contributed by atoms with van der Waals surface area (Å²) in [6.45, 7) is 6.08. The summed E-state index contributed by atoms with van der Waals surface area (Å²) in [5, 5.41) is 2.79. The second-order valence-electron chi connectivity index (χ2n) is 7.81. The van der Waals surface area contributed by atoms with Crippen LogP contribution in [0.4, 0.5) is 5.69 Å². The van der Waals surface area contributed by atoms with Crippen molar-refractivity contribution in [1.29, 1.82) is 0 Å². The molecule has 2 aromatic rings. The number of hydrogen-bond acceptors (Lipinski definition) is 5. The van der Waals surface area contributed by atoms with Crippen LogP contribution in [0.25, 0.3) is 0 Å². The lowest BCUT2D eigenvalue weighted by Crippen LogP contribution is -2.53. The lowest BCUT2D eigenvalue weighted by Gasteiger charge is -2.33. The van der Waals surface area contributed by atoms with Gasteiger partial charge in [0.15, 0.2) is 0 Å². The molecule has 2 aromatic carbocycles. The molecule has 0 bridgehead atoms. The van der Waals surface area contributed by atoms with Gasteiger partial charge in [-0.3, -0.25) is 13.9 Å². The van der Waals surface area contributed by atoms with Crippen molar-refractivity contribution in [2.45, 2.75) is 39.7 Å². The molecule has 0 aliphatic heterocycles. The first-order valence-corrected chi connectivity index (χ1v) is 13.4. The van der Waals surface area contributed by atoms with Crippen molar-refractivity contribution in [3.8, 4) is 5.75 Å². The Labute approximate surface area is 202 Å². The number of benzene rings is 2. The number of carbonyl (C=O) groups is 2. The number of rotatable bonds is 13. The fraction of sp³-hybridized carbons (Fsp3) is 0.440. The lowest BCUT2D eigenvalue weighted by molar-refractivity contribution is -0.139. The molecule has 0 aliphatic carbocycles. The summed E-state index contributed by atoms with van der Waals surface area (Å²) in [6.07, 6.45) is 2.00. The molecule has 34 heavy (non-hydrogen) atoms. The number of nitrogens with zero attached hydrogens (tertiary/aromatic N) is 2. The lowest BCUT2D eigenvalue weighted by atomic mass is 10.1. The minimum absolute atomic E-state index is 0.257. The van der Waals surface area contributed by atoms with Gasteiger partial charge in [0, 0.05) is 13.1 Å². The van der Waals surface area contributed by atoms with Crippen LogP contribution in [0.15, 0.2) is 54.6 Å². The van der Waals surface area contributed by atoms with Gasteiger partial charge in [-0.1, -0.05) is 49.4 Å². The average molecular weight is 490 g/mol. The van der Waals surface area contributed by atoms with Crippen molar-refractivity contribution in [3.05, 3.63) is 60.2 Å². The van der Waals surface area contributed by atoms with Crippen LogP contribution < -0.4 is 14.4 Å². The van der Waals surface area contributed by atoms with Gasteiger partial charge in [-0.2, -0.15) is 0 Å². The summed E-state index contributed by atoms with van der Waals surface area (Å²) in [6, 6.07) is 15.6. The molecule has 0 radical (unpaired) electrons. The zero-order valence-corrected chi connectivity index (χ0v) is 21.2. The summed E-state index contributed by atoms with van der Waals surface area (Å²) in [7, 11) is -3.81. The second kappa shape index (κ2) is 13.0. The Morgan fingerprint density at radius 3 is 2.24 bits per heavy atom. The Hall–Kier alpha value is -3.07. The Morgan fingerprint density at radius 1 is 1.00 bits per heavy atom. The maximum atomic E-state index is 13.6. The Kier molecular flexibility index (Phi) is 10.4. The maximum absolute atomic E-state index is 13.6. The fourth-order valence-corrected chi connectivity index (χ4v) is 4.58. The van der Waals surface area contributed by atoms with Crippen molar-refractivity contribution >= 4 is 27.5 Å². The van der Waals surface area contributed by atoms with E-state index in [2.05, 4.69) is 5.32 Å². The van der Waals surface area contributed by atoms with Crippen molar-refractivity contribution in [3.63, 3.8) is 0 Å². The third-order valence-corrected chi connectivity index (χ3v) is 6.46. The topological polar surface area (TPSA) is 96.0 Å². The minimum atomic E-state index is -3.81. The molecule has 186 valence electrons. The number of anilines is 1. The third-order valence-electron chi connectivity index (χ3n) is 5.33. The van der Waals surface area contributed by atoms with Crippen LogP contribution in [-0.2, 0) is 26.0 Å². The Morgan fingerprint density at radius 2 is 1.65 bits per heavy atom. The predicted octanol–water partition coefficient (Wildman–Crippen LogP) is 2.84. The van der Waals surface area contributed by atoms with E-state index in [4.69, 9.17) is 4.74 Å². The molecular weight excluding hydrogens is 454 g/mol. The summed E-state index contributed by atoms with van der Waals surface area (Å²) in [5.74, 6) is -0.340. The van der Waals surface area contributed by atoms with Crippen molar-refractivity contribution in [2.75, 3.05) is 36.8 Å². The molecule has 0 fully saturated rings. The van der Waals surface area contributed by atoms with Gasteiger partial charge in [-0.25, -0.2) is 8.42 Å². The summed E-state index contributed by atoms with van der Waals surface area (Å²) in [4.78, 5) is 27.8. The van der Waals surface area contributed by atoms with Gasteiger partial charge in [0.25, 0.3) is 0 Å². The molecular formula is C25H35N3O5S. The molecule has 0 saturated carbocycles. The number of carbonyl (C=O) groups excluding carboxylic acids is 2. The number of nitrogens with one attached hydrogen (secondary N) is 1. The molecule has 9 heteroatoms. The largest absolute Gasteiger partial charge is 0.492 e. The van der Waals surface area contributed by atoms with E-state index >= 15 is 0 Å². The van der Waals surface area contributed by atoms with E-state index in [0.29, 0.717) is 31.7 Å². The van der Waals surface area contributed by atoms with Crippen LogP contribution in [0.5, 0.6) is 5.75 Å². The van der Waals surface area contributed by atoms with Crippen molar-refractivity contribution in [2.24, 2.45) is 0 Å². The average Bonchev–Trinajstić information content (AvgIpc) is 2.81. The summed E-state index contributed by atoms with van der Waals surface area (Å²) in [5.41, 5.74) is 1.31. The van der Waals surface area contributed by atoms with Gasteiger partial charge in [0.2, 0.25) is 21.8 Å². The van der Waals surface area contributed by atoms with E-state index in [9.17, 15) is 18.0 Å². The van der Waals surface area contributed by atoms with Gasteiger partial charge < -0.3 is 15.0 Å². The highest BCUT2D eigenvalue weighted by molar-refractivity contribution is 7.92. The minimum Gasteiger partial charge on any atom is -0.492 e. The molecule has 1 N–H and O–H groups in total. The van der Waals surface area contributed by atoms with Gasteiger partial charge in [-0.15, -0.1) is 0 Å².